The van der Waals surface area contributed by atoms with Gasteiger partial charge in [0.15, 0.2) is 11.6 Å². The van der Waals surface area contributed by atoms with Gasteiger partial charge in [0.25, 0.3) is 5.56 Å². The highest BCUT2D eigenvalue weighted by Crippen LogP contribution is 2.20. The first kappa shape index (κ1) is 19.6. The average Bonchev–Trinajstić information content (AvgIpc) is 2.70. The Labute approximate surface area is 162 Å². The number of nitrogens with one attached hydrogen (secondary N) is 2. The molecule has 0 aliphatic heterocycles. The number of anilines is 1. The van der Waals surface area contributed by atoms with Gasteiger partial charge in [0.2, 0.25) is 5.95 Å². The number of alkyl halides is 2. The number of halogens is 3. The van der Waals surface area contributed by atoms with Crippen molar-refractivity contribution in [1.82, 2.24) is 9.97 Å². The van der Waals surface area contributed by atoms with Crippen LogP contribution in [-0.2, 0) is 0 Å². The summed E-state index contributed by atoms with van der Waals surface area (Å²) in [4.78, 5) is 18.7. The van der Waals surface area contributed by atoms with Crippen LogP contribution < -0.4 is 15.7 Å². The first-order valence-corrected chi connectivity index (χ1v) is 8.11. The highest BCUT2D eigenvalue weighted by Gasteiger charge is 2.13. The van der Waals surface area contributed by atoms with Crippen LogP contribution in [0.25, 0.3) is 11.3 Å². The lowest BCUT2D eigenvalue weighted by molar-refractivity contribution is -0.0521. The topological polar surface area (TPSA) is 103 Å². The number of nitriles is 1. The number of hydrogen-bond donors (Lipinski definition) is 2. The Morgan fingerprint density at radius 1 is 1.24 bits per heavy atom. The Balaban J connectivity index is 1.82. The fraction of sp³-hybridized carbons (Fsp3) is 0.0526. The van der Waals surface area contributed by atoms with Gasteiger partial charge in [-0.15, -0.1) is 0 Å². The van der Waals surface area contributed by atoms with Crippen molar-refractivity contribution in [1.29, 1.82) is 5.26 Å². The SMILES string of the molecule is N#Cc1c(-c2ccccc2)nc(NN=Cc2ccc(OC(F)F)c(F)c2)[nH]c1=O. The van der Waals surface area contributed by atoms with E-state index < -0.39 is 23.7 Å². The van der Waals surface area contributed by atoms with Crippen molar-refractivity contribution in [2.75, 3.05) is 5.43 Å². The molecule has 3 aromatic rings. The third-order valence-electron chi connectivity index (χ3n) is 3.63. The number of rotatable bonds is 6. The second-order valence-corrected chi connectivity index (χ2v) is 5.55. The molecule has 0 bridgehead atoms. The molecule has 10 heteroatoms. The molecule has 0 atom stereocenters. The molecule has 146 valence electrons. The molecule has 0 unspecified atom stereocenters. The minimum Gasteiger partial charge on any atom is -0.432 e. The van der Waals surface area contributed by atoms with Crippen LogP contribution in [0.1, 0.15) is 11.1 Å². The Morgan fingerprint density at radius 3 is 2.66 bits per heavy atom. The zero-order valence-electron chi connectivity index (χ0n) is 14.6. The van der Waals surface area contributed by atoms with E-state index in [4.69, 9.17) is 0 Å². The Morgan fingerprint density at radius 2 is 2.00 bits per heavy atom. The van der Waals surface area contributed by atoms with Gasteiger partial charge >= 0.3 is 6.61 Å². The molecule has 1 heterocycles. The number of hydrazone groups is 1. The normalized spacial score (nSPS) is 10.9. The van der Waals surface area contributed by atoms with E-state index in [1.807, 2.05) is 6.07 Å². The summed E-state index contributed by atoms with van der Waals surface area (Å²) in [6, 6.07) is 13.8. The van der Waals surface area contributed by atoms with Crippen molar-refractivity contribution in [2.45, 2.75) is 6.61 Å². The van der Waals surface area contributed by atoms with Crippen LogP contribution in [0.15, 0.2) is 58.4 Å². The number of ether oxygens (including phenoxy) is 1. The lowest BCUT2D eigenvalue weighted by Crippen LogP contribution is -2.16. The predicted molar refractivity (Wildman–Crippen MR) is 99.3 cm³/mol. The average molecular weight is 399 g/mol. The van der Waals surface area contributed by atoms with E-state index in [1.165, 1.54) is 12.3 Å². The quantitative estimate of drug-likeness (QED) is 0.488. The Bertz CT molecular complexity index is 1140. The molecule has 2 aromatic carbocycles. The standard InChI is InChI=1S/C19H12F3N5O2/c20-14-8-11(6-7-15(14)29-18(21)22)10-24-27-19-25-16(12-4-2-1-3-5-12)13(9-23)17(28)26-19/h1-8,10,18H,(H2,25,26,27,28). The maximum Gasteiger partial charge on any atom is 0.387 e. The highest BCUT2D eigenvalue weighted by atomic mass is 19.3. The van der Waals surface area contributed by atoms with E-state index in [0.717, 1.165) is 12.1 Å². The van der Waals surface area contributed by atoms with Gasteiger partial charge in [-0.05, 0) is 23.8 Å². The van der Waals surface area contributed by atoms with Crippen LogP contribution in [0, 0.1) is 17.1 Å². The van der Waals surface area contributed by atoms with Gasteiger partial charge in [0, 0.05) is 5.56 Å². The maximum atomic E-state index is 13.7. The molecule has 7 nitrogen and oxygen atoms in total. The molecule has 0 spiro atoms. The summed E-state index contributed by atoms with van der Waals surface area (Å²) in [6.07, 6.45) is 1.19. The van der Waals surface area contributed by atoms with Crippen molar-refractivity contribution < 1.29 is 17.9 Å². The van der Waals surface area contributed by atoms with Gasteiger partial charge in [-0.3, -0.25) is 9.78 Å². The zero-order chi connectivity index (χ0) is 20.8. The van der Waals surface area contributed by atoms with Crippen LogP contribution in [-0.4, -0.2) is 22.8 Å². The summed E-state index contributed by atoms with van der Waals surface area (Å²) in [7, 11) is 0. The summed E-state index contributed by atoms with van der Waals surface area (Å²) >= 11 is 0. The number of hydrogen-bond acceptors (Lipinski definition) is 6. The molecule has 0 aliphatic rings. The zero-order valence-corrected chi connectivity index (χ0v) is 14.6. The summed E-state index contributed by atoms with van der Waals surface area (Å²) < 4.78 is 42.0. The van der Waals surface area contributed by atoms with E-state index >= 15 is 0 Å². The molecule has 0 fully saturated rings. The largest absolute Gasteiger partial charge is 0.432 e. The highest BCUT2D eigenvalue weighted by molar-refractivity contribution is 5.80. The number of benzene rings is 2. The second kappa shape index (κ2) is 8.71. The molecule has 0 amide bonds. The van der Waals surface area contributed by atoms with E-state index in [9.17, 15) is 23.2 Å². The van der Waals surface area contributed by atoms with Crippen LogP contribution in [0.4, 0.5) is 19.1 Å². The molecule has 0 saturated heterocycles. The van der Waals surface area contributed by atoms with Crippen molar-refractivity contribution in [3.05, 3.63) is 75.8 Å². The molecule has 0 saturated carbocycles. The molecule has 29 heavy (non-hydrogen) atoms. The summed E-state index contributed by atoms with van der Waals surface area (Å²) in [5, 5.41) is 13.1. The van der Waals surface area contributed by atoms with Gasteiger partial charge in [-0.2, -0.15) is 19.1 Å². The van der Waals surface area contributed by atoms with E-state index in [-0.39, 0.29) is 22.8 Å². The molecule has 2 N–H and O–H groups in total. The smallest absolute Gasteiger partial charge is 0.387 e. The first-order valence-electron chi connectivity index (χ1n) is 8.11. The van der Waals surface area contributed by atoms with Crippen molar-refractivity contribution >= 4 is 12.2 Å². The van der Waals surface area contributed by atoms with E-state index in [0.29, 0.717) is 5.56 Å². The van der Waals surface area contributed by atoms with Gasteiger partial charge in [0.1, 0.15) is 11.6 Å². The number of H-pyrrole nitrogens is 1. The monoisotopic (exact) mass is 399 g/mol. The molecule has 0 radical (unpaired) electrons. The van der Waals surface area contributed by atoms with Crippen LogP contribution in [0.2, 0.25) is 0 Å². The number of nitrogens with zero attached hydrogens (tertiary/aromatic N) is 3. The third kappa shape index (κ3) is 4.78. The maximum absolute atomic E-state index is 13.7. The van der Waals surface area contributed by atoms with Crippen LogP contribution in [0.5, 0.6) is 5.75 Å². The third-order valence-corrected chi connectivity index (χ3v) is 3.63. The fourth-order valence-electron chi connectivity index (χ4n) is 2.39. The van der Waals surface area contributed by atoms with Gasteiger partial charge in [-0.1, -0.05) is 30.3 Å². The lowest BCUT2D eigenvalue weighted by Gasteiger charge is -2.06. The summed E-state index contributed by atoms with van der Waals surface area (Å²) in [5.41, 5.74) is 2.67. The first-order chi connectivity index (χ1) is 14.0. The van der Waals surface area contributed by atoms with E-state index in [1.54, 1.807) is 30.3 Å². The Hall–Kier alpha value is -4.13. The molecular weight excluding hydrogens is 387 g/mol. The number of aromatic amines is 1. The Kier molecular flexibility index (Phi) is 5.89. The van der Waals surface area contributed by atoms with Crippen molar-refractivity contribution in [3.8, 4) is 23.1 Å². The fourth-order valence-corrected chi connectivity index (χ4v) is 2.39. The molecule has 0 aliphatic carbocycles. The summed E-state index contributed by atoms with van der Waals surface area (Å²) in [5.74, 6) is -1.61. The molecular formula is C19H12F3N5O2. The second-order valence-electron chi connectivity index (χ2n) is 5.55. The van der Waals surface area contributed by atoms with E-state index in [2.05, 4.69) is 25.2 Å². The molecule has 1 aromatic heterocycles. The summed E-state index contributed by atoms with van der Waals surface area (Å²) in [6.45, 7) is -3.14. The van der Waals surface area contributed by atoms with Gasteiger partial charge in [0.05, 0.1) is 11.9 Å². The molecule has 3 rings (SSSR count). The van der Waals surface area contributed by atoms with Crippen LogP contribution >= 0.6 is 0 Å². The van der Waals surface area contributed by atoms with Gasteiger partial charge in [-0.25, -0.2) is 14.8 Å². The lowest BCUT2D eigenvalue weighted by atomic mass is 10.1. The van der Waals surface area contributed by atoms with Crippen molar-refractivity contribution in [3.63, 3.8) is 0 Å². The minimum atomic E-state index is -3.14. The minimum absolute atomic E-state index is 0.0396. The number of aromatic nitrogens is 2. The van der Waals surface area contributed by atoms with Crippen LogP contribution in [0.3, 0.4) is 0 Å². The van der Waals surface area contributed by atoms with Crippen molar-refractivity contribution in [2.24, 2.45) is 5.10 Å². The predicted octanol–water partition coefficient (Wildman–Crippen LogP) is 3.50. The van der Waals surface area contributed by atoms with Gasteiger partial charge < -0.3 is 4.74 Å².